The lowest BCUT2D eigenvalue weighted by Gasteiger charge is -2.35. The molecule has 1 aromatic rings. The third-order valence-electron chi connectivity index (χ3n) is 3.46. The van der Waals surface area contributed by atoms with Crippen LogP contribution in [-0.2, 0) is 9.53 Å². The standard InChI is InChI=1S/C13H17NO4/c1-9-7-14(5-3-11(9)13(16)17-2)12(15)10-4-6-18-8-10/h4,6,8-9,11H,3,5,7H2,1-2H3/t9-,11+/m1/s1. The lowest BCUT2D eigenvalue weighted by molar-refractivity contribution is -0.148. The van der Waals surface area contributed by atoms with E-state index in [1.807, 2.05) is 6.92 Å². The molecule has 2 rings (SSSR count). The summed E-state index contributed by atoms with van der Waals surface area (Å²) in [5.74, 6) is -0.220. The fourth-order valence-corrected chi connectivity index (χ4v) is 2.40. The SMILES string of the molecule is COC(=O)[C@H]1CCN(C(=O)c2ccoc2)C[C@H]1C. The smallest absolute Gasteiger partial charge is 0.309 e. The summed E-state index contributed by atoms with van der Waals surface area (Å²) < 4.78 is 9.68. The van der Waals surface area contributed by atoms with Gasteiger partial charge in [-0.25, -0.2) is 0 Å². The van der Waals surface area contributed by atoms with Crippen molar-refractivity contribution in [3.63, 3.8) is 0 Å². The number of esters is 1. The minimum atomic E-state index is -0.182. The van der Waals surface area contributed by atoms with E-state index in [4.69, 9.17) is 9.15 Å². The number of piperidine rings is 1. The Kier molecular flexibility index (Phi) is 3.69. The van der Waals surface area contributed by atoms with Crippen molar-refractivity contribution in [2.75, 3.05) is 20.2 Å². The summed E-state index contributed by atoms with van der Waals surface area (Å²) in [6, 6.07) is 1.65. The van der Waals surface area contributed by atoms with Gasteiger partial charge < -0.3 is 14.1 Å². The van der Waals surface area contributed by atoms with Gasteiger partial charge in [0.05, 0.1) is 24.9 Å². The maximum absolute atomic E-state index is 12.1. The van der Waals surface area contributed by atoms with Gasteiger partial charge in [0.25, 0.3) is 5.91 Å². The van der Waals surface area contributed by atoms with E-state index in [0.29, 0.717) is 25.1 Å². The van der Waals surface area contributed by atoms with Gasteiger partial charge in [0, 0.05) is 13.1 Å². The third kappa shape index (κ3) is 2.39. The van der Waals surface area contributed by atoms with Gasteiger partial charge in [-0.05, 0) is 18.4 Å². The molecule has 5 nitrogen and oxygen atoms in total. The van der Waals surface area contributed by atoms with Crippen LogP contribution in [0.1, 0.15) is 23.7 Å². The largest absolute Gasteiger partial charge is 0.472 e. The minimum Gasteiger partial charge on any atom is -0.472 e. The first-order valence-corrected chi connectivity index (χ1v) is 6.02. The van der Waals surface area contributed by atoms with Crippen molar-refractivity contribution in [2.24, 2.45) is 11.8 Å². The molecule has 1 amide bonds. The van der Waals surface area contributed by atoms with E-state index < -0.39 is 0 Å². The van der Waals surface area contributed by atoms with Crippen LogP contribution in [0.4, 0.5) is 0 Å². The second kappa shape index (κ2) is 5.25. The summed E-state index contributed by atoms with van der Waals surface area (Å²) in [6.07, 6.45) is 3.58. The van der Waals surface area contributed by atoms with E-state index in [-0.39, 0.29) is 23.7 Å². The van der Waals surface area contributed by atoms with Gasteiger partial charge in [0.2, 0.25) is 0 Å². The molecule has 1 aliphatic rings. The molecule has 0 spiro atoms. The molecular formula is C13H17NO4. The lowest BCUT2D eigenvalue weighted by atomic mass is 9.87. The highest BCUT2D eigenvalue weighted by Crippen LogP contribution is 2.25. The summed E-state index contributed by atoms with van der Waals surface area (Å²) in [5.41, 5.74) is 0.554. The Morgan fingerprint density at radius 1 is 1.50 bits per heavy atom. The van der Waals surface area contributed by atoms with Gasteiger partial charge in [0.15, 0.2) is 0 Å². The zero-order valence-electron chi connectivity index (χ0n) is 10.6. The van der Waals surface area contributed by atoms with Crippen molar-refractivity contribution >= 4 is 11.9 Å². The Morgan fingerprint density at radius 2 is 2.28 bits per heavy atom. The van der Waals surface area contributed by atoms with Crippen LogP contribution < -0.4 is 0 Å². The molecule has 0 bridgehead atoms. The monoisotopic (exact) mass is 251 g/mol. The van der Waals surface area contributed by atoms with Crippen LogP contribution >= 0.6 is 0 Å². The molecule has 1 aromatic heterocycles. The Morgan fingerprint density at radius 3 is 2.83 bits per heavy atom. The van der Waals surface area contributed by atoms with E-state index >= 15 is 0 Å². The fourth-order valence-electron chi connectivity index (χ4n) is 2.40. The maximum Gasteiger partial charge on any atom is 0.309 e. The molecule has 0 unspecified atom stereocenters. The zero-order valence-corrected chi connectivity index (χ0v) is 10.6. The van der Waals surface area contributed by atoms with Crippen molar-refractivity contribution in [1.82, 2.24) is 4.90 Å². The highest BCUT2D eigenvalue weighted by molar-refractivity contribution is 5.94. The van der Waals surface area contributed by atoms with E-state index in [9.17, 15) is 9.59 Å². The molecule has 98 valence electrons. The Labute approximate surface area is 106 Å². The van der Waals surface area contributed by atoms with Gasteiger partial charge in [0.1, 0.15) is 6.26 Å². The van der Waals surface area contributed by atoms with E-state index in [0.717, 1.165) is 0 Å². The van der Waals surface area contributed by atoms with Crippen molar-refractivity contribution in [1.29, 1.82) is 0 Å². The Bertz CT molecular complexity index is 426. The van der Waals surface area contributed by atoms with Gasteiger partial charge in [-0.15, -0.1) is 0 Å². The number of hydrogen-bond acceptors (Lipinski definition) is 4. The Hall–Kier alpha value is -1.78. The lowest BCUT2D eigenvalue weighted by Crippen LogP contribution is -2.45. The predicted octanol–water partition coefficient (Wildman–Crippen LogP) is 1.55. The van der Waals surface area contributed by atoms with Crippen LogP contribution in [0.3, 0.4) is 0 Å². The van der Waals surface area contributed by atoms with Crippen molar-refractivity contribution in [3.8, 4) is 0 Å². The van der Waals surface area contributed by atoms with Crippen molar-refractivity contribution in [2.45, 2.75) is 13.3 Å². The highest BCUT2D eigenvalue weighted by atomic mass is 16.5. The number of ether oxygens (including phenoxy) is 1. The van der Waals surface area contributed by atoms with Crippen molar-refractivity contribution < 1.29 is 18.7 Å². The number of likely N-dealkylation sites (tertiary alicyclic amines) is 1. The first kappa shape index (κ1) is 12.7. The molecule has 1 fully saturated rings. The number of nitrogens with zero attached hydrogens (tertiary/aromatic N) is 1. The second-order valence-corrected chi connectivity index (χ2v) is 4.66. The van der Waals surface area contributed by atoms with Crippen LogP contribution in [0.15, 0.2) is 23.0 Å². The number of amides is 1. The van der Waals surface area contributed by atoms with Crippen molar-refractivity contribution in [3.05, 3.63) is 24.2 Å². The number of carbonyl (C=O) groups is 2. The second-order valence-electron chi connectivity index (χ2n) is 4.66. The molecule has 5 heteroatoms. The number of furan rings is 1. The van der Waals surface area contributed by atoms with Crippen LogP contribution in [0.2, 0.25) is 0 Å². The van der Waals surface area contributed by atoms with E-state index in [1.165, 1.54) is 19.6 Å². The molecule has 2 atom stereocenters. The van der Waals surface area contributed by atoms with Crippen LogP contribution in [0.25, 0.3) is 0 Å². The topological polar surface area (TPSA) is 59.8 Å². The van der Waals surface area contributed by atoms with Gasteiger partial charge in [-0.1, -0.05) is 6.92 Å². The van der Waals surface area contributed by atoms with E-state index in [2.05, 4.69) is 0 Å². The average molecular weight is 251 g/mol. The van der Waals surface area contributed by atoms with Gasteiger partial charge in [-0.3, -0.25) is 9.59 Å². The Balaban J connectivity index is 2.00. The van der Waals surface area contributed by atoms with E-state index in [1.54, 1.807) is 11.0 Å². The first-order chi connectivity index (χ1) is 8.63. The molecule has 2 heterocycles. The van der Waals surface area contributed by atoms with Crippen LogP contribution in [-0.4, -0.2) is 37.0 Å². The first-order valence-electron chi connectivity index (χ1n) is 6.02. The summed E-state index contributed by atoms with van der Waals surface area (Å²) in [7, 11) is 1.40. The van der Waals surface area contributed by atoms with Gasteiger partial charge >= 0.3 is 5.97 Å². The third-order valence-corrected chi connectivity index (χ3v) is 3.46. The number of carbonyl (C=O) groups excluding carboxylic acids is 2. The normalized spacial score (nSPS) is 23.8. The van der Waals surface area contributed by atoms with Crippen LogP contribution in [0, 0.1) is 11.8 Å². The maximum atomic E-state index is 12.1. The highest BCUT2D eigenvalue weighted by Gasteiger charge is 2.34. The average Bonchev–Trinajstić information content (AvgIpc) is 2.90. The molecule has 0 N–H and O–H groups in total. The summed E-state index contributed by atoms with van der Waals surface area (Å²) in [4.78, 5) is 25.4. The minimum absolute atomic E-state index is 0.0427. The summed E-state index contributed by atoms with van der Waals surface area (Å²) >= 11 is 0. The zero-order chi connectivity index (χ0) is 13.1. The molecule has 1 saturated heterocycles. The van der Waals surface area contributed by atoms with Crippen LogP contribution in [0.5, 0.6) is 0 Å². The predicted molar refractivity (Wildman–Crippen MR) is 63.9 cm³/mol. The molecule has 0 aromatic carbocycles. The molecule has 0 saturated carbocycles. The fraction of sp³-hybridized carbons (Fsp3) is 0.538. The quantitative estimate of drug-likeness (QED) is 0.748. The molecular weight excluding hydrogens is 234 g/mol. The summed E-state index contributed by atoms with van der Waals surface area (Å²) in [5, 5.41) is 0. The molecule has 18 heavy (non-hydrogen) atoms. The van der Waals surface area contributed by atoms with Gasteiger partial charge in [-0.2, -0.15) is 0 Å². The number of methoxy groups -OCH3 is 1. The molecule has 0 radical (unpaired) electrons. The number of rotatable bonds is 2. The summed E-state index contributed by atoms with van der Waals surface area (Å²) in [6.45, 7) is 3.12. The number of hydrogen-bond donors (Lipinski definition) is 0. The molecule has 1 aliphatic heterocycles. The molecule has 0 aliphatic carbocycles.